The Morgan fingerprint density at radius 2 is 1.56 bits per heavy atom. The molecule has 0 bridgehead atoms. The molecule has 0 fully saturated rings. The van der Waals surface area contributed by atoms with Crippen LogP contribution in [0.2, 0.25) is 0 Å². The van der Waals surface area contributed by atoms with Gasteiger partial charge in [-0.1, -0.05) is 0 Å². The lowest BCUT2D eigenvalue weighted by atomic mass is 10.3. The van der Waals surface area contributed by atoms with Crippen LogP contribution in [0.4, 0.5) is 13.2 Å². The number of hydrogen-bond donors (Lipinski definition) is 1. The van der Waals surface area contributed by atoms with E-state index in [2.05, 4.69) is 4.18 Å². The van der Waals surface area contributed by atoms with Crippen LogP contribution in [-0.4, -0.2) is 26.5 Å². The summed E-state index contributed by atoms with van der Waals surface area (Å²) >= 11 is 0. The average Bonchev–Trinajstić information content (AvgIpc) is 2.15. The highest BCUT2D eigenvalue weighted by Crippen LogP contribution is 2.25. The van der Waals surface area contributed by atoms with Crippen molar-refractivity contribution in [3.63, 3.8) is 0 Å². The average molecular weight is 306 g/mol. The highest BCUT2D eigenvalue weighted by atomic mass is 32.3. The zero-order valence-electron chi connectivity index (χ0n) is 8.30. The second-order valence-electron chi connectivity index (χ2n) is 3.01. The van der Waals surface area contributed by atoms with Gasteiger partial charge in [-0.3, -0.25) is 4.55 Å². The summed E-state index contributed by atoms with van der Waals surface area (Å²) in [5, 5.41) is -1.92. The molecule has 0 saturated carbocycles. The summed E-state index contributed by atoms with van der Waals surface area (Å²) in [7, 11) is -10.0. The van der Waals surface area contributed by atoms with E-state index >= 15 is 0 Å². The number of rotatable bonds is 4. The predicted octanol–water partition coefficient (Wildman–Crippen LogP) is 0.658. The zero-order chi connectivity index (χ0) is 14.1. The summed E-state index contributed by atoms with van der Waals surface area (Å²) < 4.78 is 93.4. The summed E-state index contributed by atoms with van der Waals surface area (Å²) in [5.74, 6) is -6.69. The molecule has 0 heterocycles. The lowest BCUT2D eigenvalue weighted by molar-refractivity contribution is 0.412. The Morgan fingerprint density at radius 1 is 1.06 bits per heavy atom. The van der Waals surface area contributed by atoms with Gasteiger partial charge < -0.3 is 4.18 Å². The SMILES string of the molecule is O=S(=O)(O)CS(=O)(=O)Oc1c(F)ccc(F)c1F. The van der Waals surface area contributed by atoms with E-state index in [-0.39, 0.29) is 0 Å². The first-order valence-electron chi connectivity index (χ1n) is 4.03. The molecule has 0 radical (unpaired) electrons. The summed E-state index contributed by atoms with van der Waals surface area (Å²) in [6.07, 6.45) is 0. The van der Waals surface area contributed by atoms with Gasteiger partial charge in [0.25, 0.3) is 10.1 Å². The minimum Gasteiger partial charge on any atom is -0.375 e. The third-order valence-corrected chi connectivity index (χ3v) is 4.27. The summed E-state index contributed by atoms with van der Waals surface area (Å²) in [4.78, 5) is 0. The fourth-order valence-corrected chi connectivity index (χ4v) is 2.98. The van der Waals surface area contributed by atoms with Crippen LogP contribution in [0.5, 0.6) is 5.75 Å². The van der Waals surface area contributed by atoms with Gasteiger partial charge in [-0.15, -0.1) is 0 Å². The van der Waals surface area contributed by atoms with Gasteiger partial charge in [-0.2, -0.15) is 21.2 Å². The lowest BCUT2D eigenvalue weighted by Gasteiger charge is -2.07. The normalized spacial score (nSPS) is 12.4. The summed E-state index contributed by atoms with van der Waals surface area (Å²) in [5.41, 5.74) is 0. The van der Waals surface area contributed by atoms with Gasteiger partial charge in [0.2, 0.25) is 16.7 Å². The van der Waals surface area contributed by atoms with E-state index in [4.69, 9.17) is 4.55 Å². The molecule has 1 rings (SSSR count). The van der Waals surface area contributed by atoms with Gasteiger partial charge in [0, 0.05) is 0 Å². The molecule has 0 aliphatic carbocycles. The number of halogens is 3. The Kier molecular flexibility index (Phi) is 3.88. The van der Waals surface area contributed by atoms with Crippen molar-refractivity contribution in [3.05, 3.63) is 29.6 Å². The topological polar surface area (TPSA) is 97.7 Å². The summed E-state index contributed by atoms with van der Waals surface area (Å²) in [6.45, 7) is 0. The standard InChI is InChI=1S/C7H5F3O6S2/c8-4-1-2-5(9)7(6(4)10)16-18(14,15)3-17(11,12)13/h1-2H,3H2,(H,11,12,13). The molecule has 1 aromatic rings. The molecule has 18 heavy (non-hydrogen) atoms. The van der Waals surface area contributed by atoms with Crippen molar-refractivity contribution in [2.45, 2.75) is 0 Å². The Morgan fingerprint density at radius 3 is 2.06 bits per heavy atom. The van der Waals surface area contributed by atoms with E-state index in [1.54, 1.807) is 0 Å². The van der Waals surface area contributed by atoms with Gasteiger partial charge in [0.15, 0.2) is 11.6 Å². The zero-order valence-corrected chi connectivity index (χ0v) is 9.93. The first-order chi connectivity index (χ1) is 8.02. The van der Waals surface area contributed by atoms with Crippen LogP contribution in [0.3, 0.4) is 0 Å². The van der Waals surface area contributed by atoms with Crippen molar-refractivity contribution in [1.29, 1.82) is 0 Å². The monoisotopic (exact) mass is 306 g/mol. The van der Waals surface area contributed by atoms with E-state index in [1.165, 1.54) is 0 Å². The maximum Gasteiger partial charge on any atom is 0.326 e. The van der Waals surface area contributed by atoms with Crippen molar-refractivity contribution in [3.8, 4) is 5.75 Å². The van der Waals surface area contributed by atoms with Crippen molar-refractivity contribution in [2.75, 3.05) is 5.08 Å². The van der Waals surface area contributed by atoms with Crippen LogP contribution in [0.15, 0.2) is 12.1 Å². The highest BCUT2D eigenvalue weighted by Gasteiger charge is 2.26. The Labute approximate surface area is 99.9 Å². The maximum atomic E-state index is 13.0. The molecular formula is C7H5F3O6S2. The van der Waals surface area contributed by atoms with Crippen molar-refractivity contribution >= 4 is 20.2 Å². The van der Waals surface area contributed by atoms with E-state index in [9.17, 15) is 30.0 Å². The predicted molar refractivity (Wildman–Crippen MR) is 52.3 cm³/mol. The molecule has 0 aliphatic rings. The molecule has 102 valence electrons. The first-order valence-corrected chi connectivity index (χ1v) is 7.21. The molecule has 1 aromatic carbocycles. The molecule has 0 spiro atoms. The largest absolute Gasteiger partial charge is 0.375 e. The van der Waals surface area contributed by atoms with E-state index < -0.39 is 48.5 Å². The molecule has 0 atom stereocenters. The maximum absolute atomic E-state index is 13.0. The lowest BCUT2D eigenvalue weighted by Crippen LogP contribution is -2.21. The molecule has 0 amide bonds. The molecule has 0 saturated heterocycles. The minimum atomic E-state index is -5.04. The third-order valence-electron chi connectivity index (χ3n) is 1.51. The third kappa shape index (κ3) is 3.85. The van der Waals surface area contributed by atoms with Gasteiger partial charge >= 0.3 is 10.1 Å². The Bertz CT molecular complexity index is 667. The molecule has 11 heteroatoms. The van der Waals surface area contributed by atoms with Crippen molar-refractivity contribution in [2.24, 2.45) is 0 Å². The van der Waals surface area contributed by atoms with E-state index in [0.717, 1.165) is 0 Å². The minimum absolute atomic E-state index is 0.382. The van der Waals surface area contributed by atoms with Gasteiger partial charge in [-0.05, 0) is 12.1 Å². The van der Waals surface area contributed by atoms with Gasteiger partial charge in [0.1, 0.15) is 0 Å². The Balaban J connectivity index is 3.17. The van der Waals surface area contributed by atoms with Gasteiger partial charge in [-0.25, -0.2) is 8.78 Å². The van der Waals surface area contributed by atoms with Crippen molar-refractivity contribution < 1.29 is 38.7 Å². The molecule has 0 unspecified atom stereocenters. The fraction of sp³-hybridized carbons (Fsp3) is 0.143. The van der Waals surface area contributed by atoms with E-state index in [0.29, 0.717) is 12.1 Å². The van der Waals surface area contributed by atoms with Crippen LogP contribution in [0.1, 0.15) is 0 Å². The summed E-state index contributed by atoms with van der Waals surface area (Å²) in [6, 6.07) is 0.768. The smallest absolute Gasteiger partial charge is 0.326 e. The molecule has 0 aliphatic heterocycles. The second-order valence-corrected chi connectivity index (χ2v) is 6.40. The van der Waals surface area contributed by atoms with Crippen LogP contribution in [0, 0.1) is 17.5 Å². The first kappa shape index (κ1) is 14.7. The molecule has 1 N–H and O–H groups in total. The Hall–Kier alpha value is -1.33. The van der Waals surface area contributed by atoms with Crippen molar-refractivity contribution in [1.82, 2.24) is 0 Å². The molecule has 6 nitrogen and oxygen atoms in total. The molecule has 0 aromatic heterocycles. The van der Waals surface area contributed by atoms with Crippen LogP contribution < -0.4 is 4.18 Å². The van der Waals surface area contributed by atoms with Crippen LogP contribution in [-0.2, 0) is 20.2 Å². The highest BCUT2D eigenvalue weighted by molar-refractivity contribution is 8.03. The van der Waals surface area contributed by atoms with Gasteiger partial charge in [0.05, 0.1) is 0 Å². The quantitative estimate of drug-likeness (QED) is 0.498. The second kappa shape index (κ2) is 4.74. The van der Waals surface area contributed by atoms with Crippen LogP contribution in [0.25, 0.3) is 0 Å². The van der Waals surface area contributed by atoms with Crippen LogP contribution >= 0.6 is 0 Å². The fourth-order valence-electron chi connectivity index (χ4n) is 0.918. The van der Waals surface area contributed by atoms with E-state index in [1.807, 2.05) is 0 Å². The number of benzene rings is 1. The number of hydrogen-bond acceptors (Lipinski definition) is 5. The molecular weight excluding hydrogens is 301 g/mol.